The van der Waals surface area contributed by atoms with Crippen molar-refractivity contribution in [2.45, 2.75) is 25.2 Å². The van der Waals surface area contributed by atoms with Gasteiger partial charge in [-0.25, -0.2) is 4.68 Å². The number of nitrogens with one attached hydrogen (secondary N) is 1. The zero-order chi connectivity index (χ0) is 20.6. The first kappa shape index (κ1) is 21.4. The second-order valence-corrected chi connectivity index (χ2v) is 7.89. The molecule has 0 saturated heterocycles. The number of ether oxygens (including phenoxy) is 2. The third kappa shape index (κ3) is 5.85. The first-order valence-electron chi connectivity index (χ1n) is 9.18. The van der Waals surface area contributed by atoms with Crippen molar-refractivity contribution < 1.29 is 9.47 Å². The van der Waals surface area contributed by atoms with Gasteiger partial charge in [-0.2, -0.15) is 0 Å². The molecule has 0 aliphatic carbocycles. The minimum absolute atomic E-state index is 0.463. The first-order chi connectivity index (χ1) is 14.1. The predicted octanol–water partition coefficient (Wildman–Crippen LogP) is 3.64. The van der Waals surface area contributed by atoms with Crippen LogP contribution in [0.25, 0.3) is 0 Å². The minimum atomic E-state index is 0.463. The van der Waals surface area contributed by atoms with E-state index in [0.717, 1.165) is 28.6 Å². The van der Waals surface area contributed by atoms with E-state index in [-0.39, 0.29) is 0 Å². The normalized spacial score (nSPS) is 10.9. The zero-order valence-corrected chi connectivity index (χ0v) is 18.3. The van der Waals surface area contributed by atoms with Crippen molar-refractivity contribution in [3.63, 3.8) is 0 Å². The van der Waals surface area contributed by atoms with Crippen LogP contribution < -0.4 is 14.8 Å². The van der Waals surface area contributed by atoms with E-state index in [1.807, 2.05) is 31.3 Å². The Kier molecular flexibility index (Phi) is 7.74. The molecular formula is C20H24ClN5O2S. The lowest BCUT2D eigenvalue weighted by Crippen LogP contribution is -2.17. The highest BCUT2D eigenvalue weighted by Gasteiger charge is 2.11. The number of aromatic nitrogens is 4. The minimum Gasteiger partial charge on any atom is -0.493 e. The summed E-state index contributed by atoms with van der Waals surface area (Å²) in [7, 11) is 3.46. The highest BCUT2D eigenvalue weighted by Crippen LogP contribution is 2.34. The molecule has 2 aromatic carbocycles. The maximum Gasteiger partial charge on any atom is 0.209 e. The van der Waals surface area contributed by atoms with E-state index in [1.54, 1.807) is 23.6 Å². The van der Waals surface area contributed by atoms with Gasteiger partial charge in [0.15, 0.2) is 11.5 Å². The Labute approximate surface area is 179 Å². The quantitative estimate of drug-likeness (QED) is 0.386. The monoisotopic (exact) mass is 433 g/mol. The molecule has 0 unspecified atom stereocenters. The average molecular weight is 434 g/mol. The largest absolute Gasteiger partial charge is 0.493 e. The number of nitrogens with zero attached hydrogens (tertiary/aromatic N) is 4. The van der Waals surface area contributed by atoms with Crippen molar-refractivity contribution in [2.75, 3.05) is 19.4 Å². The second kappa shape index (κ2) is 10.5. The summed E-state index contributed by atoms with van der Waals surface area (Å²) < 4.78 is 13.1. The number of hydrogen-bond donors (Lipinski definition) is 1. The van der Waals surface area contributed by atoms with Crippen LogP contribution in [0.3, 0.4) is 0 Å². The van der Waals surface area contributed by atoms with Gasteiger partial charge < -0.3 is 14.8 Å². The number of tetrazole rings is 1. The van der Waals surface area contributed by atoms with Crippen LogP contribution in [-0.4, -0.2) is 39.6 Å². The van der Waals surface area contributed by atoms with Crippen LogP contribution in [0.5, 0.6) is 11.5 Å². The molecule has 0 fully saturated rings. The maximum atomic E-state index is 6.48. The summed E-state index contributed by atoms with van der Waals surface area (Å²) in [5.41, 5.74) is 3.28. The standard InChI is InChI=1S/C20H24ClN5O2S/c1-14-6-4-5-7-15(14)13-28-19-11-17(21)16(10-18(19)27-3)12-22-8-9-29-20-23-24-25-26(20)2/h4-7,10-11,22H,8-9,12-13H2,1-3H3. The lowest BCUT2D eigenvalue weighted by atomic mass is 10.1. The van der Waals surface area contributed by atoms with E-state index in [4.69, 9.17) is 21.1 Å². The van der Waals surface area contributed by atoms with E-state index in [2.05, 4.69) is 39.9 Å². The van der Waals surface area contributed by atoms with Crippen LogP contribution in [0.2, 0.25) is 5.02 Å². The van der Waals surface area contributed by atoms with Crippen molar-refractivity contribution in [3.8, 4) is 11.5 Å². The molecular weight excluding hydrogens is 410 g/mol. The molecule has 1 heterocycles. The molecule has 7 nitrogen and oxygen atoms in total. The molecule has 0 saturated carbocycles. The van der Waals surface area contributed by atoms with Gasteiger partial charge in [-0.3, -0.25) is 0 Å². The third-order valence-electron chi connectivity index (χ3n) is 4.38. The molecule has 0 spiro atoms. The van der Waals surface area contributed by atoms with Crippen LogP contribution in [0.4, 0.5) is 0 Å². The molecule has 3 rings (SSSR count). The van der Waals surface area contributed by atoms with Crippen molar-refractivity contribution >= 4 is 23.4 Å². The van der Waals surface area contributed by atoms with Gasteiger partial charge in [0.1, 0.15) is 6.61 Å². The van der Waals surface area contributed by atoms with Gasteiger partial charge in [0, 0.05) is 37.0 Å². The molecule has 0 aliphatic heterocycles. The molecule has 0 bridgehead atoms. The van der Waals surface area contributed by atoms with Crippen molar-refractivity contribution in [1.82, 2.24) is 25.5 Å². The van der Waals surface area contributed by atoms with Crippen molar-refractivity contribution in [1.29, 1.82) is 0 Å². The fourth-order valence-electron chi connectivity index (χ4n) is 2.69. The molecule has 29 heavy (non-hydrogen) atoms. The van der Waals surface area contributed by atoms with Crippen LogP contribution >= 0.6 is 23.4 Å². The van der Waals surface area contributed by atoms with Crippen LogP contribution in [0, 0.1) is 6.92 Å². The lowest BCUT2D eigenvalue weighted by molar-refractivity contribution is 0.283. The molecule has 9 heteroatoms. The summed E-state index contributed by atoms with van der Waals surface area (Å²) >= 11 is 8.07. The van der Waals surface area contributed by atoms with Crippen molar-refractivity contribution in [3.05, 3.63) is 58.1 Å². The van der Waals surface area contributed by atoms with Gasteiger partial charge >= 0.3 is 0 Å². The van der Waals surface area contributed by atoms with Gasteiger partial charge in [-0.05, 0) is 40.1 Å². The number of aryl methyl sites for hydroxylation is 2. The molecule has 0 radical (unpaired) electrons. The Morgan fingerprint density at radius 3 is 2.72 bits per heavy atom. The van der Waals surface area contributed by atoms with E-state index < -0.39 is 0 Å². The molecule has 1 N–H and O–H groups in total. The van der Waals surface area contributed by atoms with E-state index in [1.165, 1.54) is 5.56 Å². The average Bonchev–Trinajstić information content (AvgIpc) is 3.13. The van der Waals surface area contributed by atoms with E-state index >= 15 is 0 Å². The SMILES string of the molecule is COc1cc(CNCCSc2nnnn2C)c(Cl)cc1OCc1ccccc1C. The number of methoxy groups -OCH3 is 1. The van der Waals surface area contributed by atoms with E-state index in [0.29, 0.717) is 29.7 Å². The topological polar surface area (TPSA) is 74.1 Å². The van der Waals surface area contributed by atoms with Crippen LogP contribution in [-0.2, 0) is 20.2 Å². The summed E-state index contributed by atoms with van der Waals surface area (Å²) in [4.78, 5) is 0. The summed E-state index contributed by atoms with van der Waals surface area (Å²) in [6.07, 6.45) is 0. The second-order valence-electron chi connectivity index (χ2n) is 6.42. The summed E-state index contributed by atoms with van der Waals surface area (Å²) in [6.45, 7) is 3.95. The first-order valence-corrected chi connectivity index (χ1v) is 10.5. The fraction of sp³-hybridized carbons (Fsp3) is 0.350. The smallest absolute Gasteiger partial charge is 0.209 e. The van der Waals surface area contributed by atoms with Crippen LogP contribution in [0.1, 0.15) is 16.7 Å². The van der Waals surface area contributed by atoms with Gasteiger partial charge in [-0.15, -0.1) is 5.10 Å². The van der Waals surface area contributed by atoms with E-state index in [9.17, 15) is 0 Å². The molecule has 0 amide bonds. The number of rotatable bonds is 10. The Bertz CT molecular complexity index is 950. The highest BCUT2D eigenvalue weighted by molar-refractivity contribution is 7.99. The Morgan fingerprint density at radius 1 is 1.17 bits per heavy atom. The highest BCUT2D eigenvalue weighted by atomic mass is 35.5. The Morgan fingerprint density at radius 2 is 2.00 bits per heavy atom. The molecule has 154 valence electrons. The number of benzene rings is 2. The van der Waals surface area contributed by atoms with Crippen LogP contribution in [0.15, 0.2) is 41.6 Å². The van der Waals surface area contributed by atoms with Gasteiger partial charge in [0.25, 0.3) is 0 Å². The van der Waals surface area contributed by atoms with Gasteiger partial charge in [0.2, 0.25) is 5.16 Å². The summed E-state index contributed by atoms with van der Waals surface area (Å²) in [6, 6.07) is 11.9. The Balaban J connectivity index is 1.54. The number of halogens is 1. The number of hydrogen-bond acceptors (Lipinski definition) is 7. The Hall–Kier alpha value is -2.29. The van der Waals surface area contributed by atoms with Gasteiger partial charge in [0.05, 0.1) is 7.11 Å². The number of thioether (sulfide) groups is 1. The fourth-order valence-corrected chi connectivity index (χ4v) is 3.66. The lowest BCUT2D eigenvalue weighted by Gasteiger charge is -2.15. The van der Waals surface area contributed by atoms with Gasteiger partial charge in [-0.1, -0.05) is 47.6 Å². The summed E-state index contributed by atoms with van der Waals surface area (Å²) in [5, 5.41) is 16.2. The summed E-state index contributed by atoms with van der Waals surface area (Å²) in [5.74, 6) is 2.15. The molecule has 3 aromatic rings. The molecule has 0 aliphatic rings. The predicted molar refractivity (Wildman–Crippen MR) is 115 cm³/mol. The molecule has 0 atom stereocenters. The van der Waals surface area contributed by atoms with Crippen molar-refractivity contribution in [2.24, 2.45) is 7.05 Å². The molecule has 1 aromatic heterocycles. The zero-order valence-electron chi connectivity index (χ0n) is 16.7. The third-order valence-corrected chi connectivity index (χ3v) is 5.75. The maximum absolute atomic E-state index is 6.48.